The third kappa shape index (κ3) is 3.51. The largest absolute Gasteiger partial charge is 0.488 e. The van der Waals surface area contributed by atoms with Gasteiger partial charge in [0, 0.05) is 16.8 Å². The number of ether oxygens (including phenoxy) is 1. The van der Waals surface area contributed by atoms with Crippen molar-refractivity contribution in [2.75, 3.05) is 5.32 Å². The van der Waals surface area contributed by atoms with Crippen molar-refractivity contribution in [1.29, 1.82) is 0 Å². The summed E-state index contributed by atoms with van der Waals surface area (Å²) in [6, 6.07) is 28.1. The van der Waals surface area contributed by atoms with Gasteiger partial charge in [0.1, 0.15) is 12.4 Å². The molecule has 0 saturated carbocycles. The molecule has 1 amide bonds. The number of rotatable bonds is 4. The van der Waals surface area contributed by atoms with E-state index in [1.54, 1.807) is 0 Å². The fourth-order valence-corrected chi connectivity index (χ4v) is 4.26. The highest BCUT2D eigenvalue weighted by molar-refractivity contribution is 9.10. The Kier molecular flexibility index (Phi) is 4.85. The fraction of sp³-hybridized carbons (Fsp3) is 0.0385. The SMILES string of the molecule is O=C1Nc2ccccc2C1=Cc1ccc(OCc2cccc3ccccc23)c(Br)c1. The highest BCUT2D eigenvalue weighted by Crippen LogP contribution is 2.34. The summed E-state index contributed by atoms with van der Waals surface area (Å²) in [6.45, 7) is 0.482. The number of fused-ring (bicyclic) bond motifs is 2. The average molecular weight is 456 g/mol. The Morgan fingerprint density at radius 1 is 0.900 bits per heavy atom. The van der Waals surface area contributed by atoms with Crippen molar-refractivity contribution in [2.45, 2.75) is 6.61 Å². The molecular weight excluding hydrogens is 438 g/mol. The molecule has 146 valence electrons. The standard InChI is InChI=1S/C26H18BrNO2/c27-23-15-17(14-22-21-10-3-4-11-24(21)28-26(22)29)12-13-25(23)30-16-19-8-5-7-18-6-1-2-9-20(18)19/h1-15H,16H2,(H,28,29). The molecule has 0 radical (unpaired) electrons. The maximum Gasteiger partial charge on any atom is 0.256 e. The van der Waals surface area contributed by atoms with Crippen LogP contribution in [-0.2, 0) is 11.4 Å². The van der Waals surface area contributed by atoms with Gasteiger partial charge in [0.15, 0.2) is 0 Å². The third-order valence-corrected chi connectivity index (χ3v) is 5.86. The normalized spacial score (nSPS) is 14.0. The Labute approximate surface area is 183 Å². The summed E-state index contributed by atoms with van der Waals surface area (Å²) in [7, 11) is 0. The number of anilines is 1. The van der Waals surface area contributed by atoms with Crippen LogP contribution in [0, 0.1) is 0 Å². The minimum atomic E-state index is -0.0800. The fourth-order valence-electron chi connectivity index (χ4n) is 3.75. The number of carbonyl (C=O) groups excluding carboxylic acids is 1. The van der Waals surface area contributed by atoms with Crippen LogP contribution in [0.5, 0.6) is 5.75 Å². The number of carbonyl (C=O) groups is 1. The summed E-state index contributed by atoms with van der Waals surface area (Å²) >= 11 is 3.61. The Bertz CT molecular complexity index is 1300. The highest BCUT2D eigenvalue weighted by Gasteiger charge is 2.23. The van der Waals surface area contributed by atoms with Crippen molar-refractivity contribution < 1.29 is 9.53 Å². The van der Waals surface area contributed by atoms with Gasteiger partial charge in [0.2, 0.25) is 0 Å². The number of nitrogens with one attached hydrogen (secondary N) is 1. The number of halogens is 1. The number of amides is 1. The molecule has 1 heterocycles. The summed E-state index contributed by atoms with van der Waals surface area (Å²) < 4.78 is 6.94. The van der Waals surface area contributed by atoms with Gasteiger partial charge in [0.05, 0.1) is 4.47 Å². The van der Waals surface area contributed by atoms with Crippen LogP contribution in [0.3, 0.4) is 0 Å². The van der Waals surface area contributed by atoms with Gasteiger partial charge >= 0.3 is 0 Å². The topological polar surface area (TPSA) is 38.3 Å². The van der Waals surface area contributed by atoms with Crippen molar-refractivity contribution in [3.05, 3.63) is 106 Å². The predicted molar refractivity (Wildman–Crippen MR) is 125 cm³/mol. The second-order valence-electron chi connectivity index (χ2n) is 7.17. The first-order valence-electron chi connectivity index (χ1n) is 9.70. The Hall–Kier alpha value is -3.37. The number of benzene rings is 4. The van der Waals surface area contributed by atoms with Gasteiger partial charge in [-0.2, -0.15) is 0 Å². The predicted octanol–water partition coefficient (Wildman–Crippen LogP) is 6.67. The molecule has 0 atom stereocenters. The molecule has 3 nitrogen and oxygen atoms in total. The monoisotopic (exact) mass is 455 g/mol. The molecule has 1 N–H and O–H groups in total. The quantitative estimate of drug-likeness (QED) is 0.348. The smallest absolute Gasteiger partial charge is 0.256 e. The summed E-state index contributed by atoms with van der Waals surface area (Å²) in [4.78, 5) is 12.3. The van der Waals surface area contributed by atoms with Crippen molar-refractivity contribution in [3.63, 3.8) is 0 Å². The number of hydrogen-bond acceptors (Lipinski definition) is 2. The van der Waals surface area contributed by atoms with E-state index in [4.69, 9.17) is 4.74 Å². The van der Waals surface area contributed by atoms with Crippen LogP contribution in [0.1, 0.15) is 16.7 Å². The molecule has 0 unspecified atom stereocenters. The molecular formula is C26H18BrNO2. The van der Waals surface area contributed by atoms with Crippen molar-refractivity contribution >= 4 is 49.9 Å². The lowest BCUT2D eigenvalue weighted by Crippen LogP contribution is -2.03. The van der Waals surface area contributed by atoms with Crippen LogP contribution in [0.4, 0.5) is 5.69 Å². The van der Waals surface area contributed by atoms with E-state index in [1.165, 1.54) is 10.8 Å². The number of para-hydroxylation sites is 1. The zero-order valence-electron chi connectivity index (χ0n) is 16.1. The molecule has 30 heavy (non-hydrogen) atoms. The van der Waals surface area contributed by atoms with E-state index in [9.17, 15) is 4.79 Å². The lowest BCUT2D eigenvalue weighted by molar-refractivity contribution is -0.110. The zero-order chi connectivity index (χ0) is 20.5. The lowest BCUT2D eigenvalue weighted by atomic mass is 10.0. The van der Waals surface area contributed by atoms with Crippen LogP contribution < -0.4 is 10.1 Å². The van der Waals surface area contributed by atoms with Gasteiger partial charge in [-0.25, -0.2) is 0 Å². The van der Waals surface area contributed by atoms with E-state index in [2.05, 4.69) is 51.6 Å². The molecule has 4 aromatic rings. The molecule has 1 aliphatic heterocycles. The van der Waals surface area contributed by atoms with Gasteiger partial charge in [-0.05, 0) is 62.1 Å². The molecule has 4 aromatic carbocycles. The molecule has 0 bridgehead atoms. The van der Waals surface area contributed by atoms with Crippen LogP contribution in [-0.4, -0.2) is 5.91 Å². The average Bonchev–Trinajstić information content (AvgIpc) is 3.08. The van der Waals surface area contributed by atoms with Gasteiger partial charge in [0.25, 0.3) is 5.91 Å². The second-order valence-corrected chi connectivity index (χ2v) is 8.03. The van der Waals surface area contributed by atoms with Crippen LogP contribution in [0.15, 0.2) is 89.4 Å². The molecule has 0 saturated heterocycles. The molecule has 0 aromatic heterocycles. The summed E-state index contributed by atoms with van der Waals surface area (Å²) in [6.07, 6.45) is 1.90. The van der Waals surface area contributed by atoms with Gasteiger partial charge < -0.3 is 10.1 Å². The highest BCUT2D eigenvalue weighted by atomic mass is 79.9. The summed E-state index contributed by atoms with van der Waals surface area (Å²) in [5, 5.41) is 5.30. The van der Waals surface area contributed by atoms with Gasteiger partial charge in [-0.1, -0.05) is 66.7 Å². The van der Waals surface area contributed by atoms with Crippen LogP contribution in [0.25, 0.3) is 22.4 Å². The second kappa shape index (κ2) is 7.81. The van der Waals surface area contributed by atoms with E-state index in [0.717, 1.165) is 32.6 Å². The van der Waals surface area contributed by atoms with Crippen LogP contribution >= 0.6 is 15.9 Å². The van der Waals surface area contributed by atoms with Crippen LogP contribution in [0.2, 0.25) is 0 Å². The minimum Gasteiger partial charge on any atom is -0.488 e. The number of hydrogen-bond donors (Lipinski definition) is 1. The molecule has 0 aliphatic carbocycles. The first-order chi connectivity index (χ1) is 14.7. The molecule has 5 rings (SSSR count). The maximum absolute atomic E-state index is 12.3. The minimum absolute atomic E-state index is 0.0800. The van der Waals surface area contributed by atoms with E-state index in [0.29, 0.717) is 12.2 Å². The lowest BCUT2D eigenvalue weighted by Gasteiger charge is -2.11. The Morgan fingerprint density at radius 2 is 1.70 bits per heavy atom. The molecule has 4 heteroatoms. The summed E-state index contributed by atoms with van der Waals surface area (Å²) in [5.74, 6) is 0.685. The first-order valence-corrected chi connectivity index (χ1v) is 10.5. The van der Waals surface area contributed by atoms with E-state index in [-0.39, 0.29) is 5.91 Å². The molecule has 1 aliphatic rings. The Balaban J connectivity index is 1.38. The van der Waals surface area contributed by atoms with Crippen molar-refractivity contribution in [1.82, 2.24) is 0 Å². The summed E-state index contributed by atoms with van der Waals surface area (Å²) in [5.41, 5.74) is 4.52. The van der Waals surface area contributed by atoms with E-state index < -0.39 is 0 Å². The molecule has 0 spiro atoms. The first kappa shape index (κ1) is 18.6. The van der Waals surface area contributed by atoms with Crippen molar-refractivity contribution in [3.8, 4) is 5.75 Å². The van der Waals surface area contributed by atoms with E-state index >= 15 is 0 Å². The van der Waals surface area contributed by atoms with Crippen molar-refractivity contribution in [2.24, 2.45) is 0 Å². The zero-order valence-corrected chi connectivity index (χ0v) is 17.6. The van der Waals surface area contributed by atoms with Gasteiger partial charge in [-0.3, -0.25) is 4.79 Å². The van der Waals surface area contributed by atoms with Gasteiger partial charge in [-0.15, -0.1) is 0 Å². The third-order valence-electron chi connectivity index (χ3n) is 5.24. The maximum atomic E-state index is 12.3. The molecule has 0 fully saturated rings. The Morgan fingerprint density at radius 3 is 2.60 bits per heavy atom. The van der Waals surface area contributed by atoms with E-state index in [1.807, 2.05) is 60.7 Å².